The van der Waals surface area contributed by atoms with Gasteiger partial charge in [-0.1, -0.05) is 24.9 Å². The number of nitrogens with one attached hydrogen (secondary N) is 1. The van der Waals surface area contributed by atoms with Gasteiger partial charge in [0.1, 0.15) is 5.15 Å². The molecule has 2 heterocycles. The highest BCUT2D eigenvalue weighted by Crippen LogP contribution is 2.11. The predicted octanol–water partition coefficient (Wildman–Crippen LogP) is 1.59. The van der Waals surface area contributed by atoms with E-state index in [1.807, 2.05) is 6.92 Å². The fraction of sp³-hybridized carbons (Fsp3) is 0.357. The van der Waals surface area contributed by atoms with Crippen molar-refractivity contribution in [2.45, 2.75) is 26.3 Å². The molecule has 0 saturated heterocycles. The zero-order chi connectivity index (χ0) is 15.4. The molecule has 0 atom stereocenters. The van der Waals surface area contributed by atoms with E-state index in [0.29, 0.717) is 17.9 Å². The molecule has 0 aliphatic rings. The van der Waals surface area contributed by atoms with E-state index in [1.165, 1.54) is 7.11 Å². The van der Waals surface area contributed by atoms with Crippen LogP contribution in [0.5, 0.6) is 5.88 Å². The van der Waals surface area contributed by atoms with Crippen molar-refractivity contribution in [3.05, 3.63) is 55.4 Å². The largest absolute Gasteiger partial charge is 0.481 e. The van der Waals surface area contributed by atoms with Crippen LogP contribution in [0.25, 0.3) is 0 Å². The first kappa shape index (κ1) is 15.3. The zero-order valence-electron chi connectivity index (χ0n) is 11.9. The monoisotopic (exact) mass is 309 g/mol. The van der Waals surface area contributed by atoms with Crippen molar-refractivity contribution in [2.75, 3.05) is 7.11 Å². The first-order valence-electron chi connectivity index (χ1n) is 6.57. The van der Waals surface area contributed by atoms with Crippen molar-refractivity contribution in [1.29, 1.82) is 0 Å². The van der Waals surface area contributed by atoms with Gasteiger partial charge in [0.15, 0.2) is 0 Å². The Morgan fingerprint density at radius 1 is 1.43 bits per heavy atom. The van der Waals surface area contributed by atoms with Gasteiger partial charge in [-0.2, -0.15) is 0 Å². The number of aromatic nitrogens is 3. The van der Waals surface area contributed by atoms with Crippen LogP contribution >= 0.6 is 11.6 Å². The zero-order valence-corrected chi connectivity index (χ0v) is 12.6. The minimum atomic E-state index is -0.527. The summed E-state index contributed by atoms with van der Waals surface area (Å²) in [5.41, 5.74) is 0.293. The molecule has 0 fully saturated rings. The number of pyridine rings is 1. The van der Waals surface area contributed by atoms with Gasteiger partial charge in [0.2, 0.25) is 5.88 Å². The molecule has 21 heavy (non-hydrogen) atoms. The molecule has 6 nitrogen and oxygen atoms in total. The topological polar surface area (TPSA) is 77.0 Å². The van der Waals surface area contributed by atoms with Crippen LogP contribution in [0.1, 0.15) is 24.5 Å². The first-order valence-corrected chi connectivity index (χ1v) is 6.95. The Bertz CT molecular complexity index is 752. The van der Waals surface area contributed by atoms with E-state index in [9.17, 15) is 9.59 Å². The molecule has 2 aromatic rings. The highest BCUT2D eigenvalue weighted by atomic mass is 35.5. The van der Waals surface area contributed by atoms with Crippen LogP contribution in [0.3, 0.4) is 0 Å². The number of H-pyrrole nitrogens is 1. The van der Waals surface area contributed by atoms with Crippen LogP contribution in [0.2, 0.25) is 5.15 Å². The number of methoxy groups -OCH3 is 1. The van der Waals surface area contributed by atoms with Gasteiger partial charge in [0.05, 0.1) is 19.2 Å². The van der Waals surface area contributed by atoms with Crippen molar-refractivity contribution in [2.24, 2.45) is 0 Å². The minimum Gasteiger partial charge on any atom is -0.481 e. The van der Waals surface area contributed by atoms with E-state index in [0.717, 1.165) is 16.6 Å². The Kier molecular flexibility index (Phi) is 4.80. The molecule has 0 aliphatic heterocycles. The number of aromatic amines is 1. The first-order chi connectivity index (χ1) is 10.1. The Labute approximate surface area is 126 Å². The minimum absolute atomic E-state index is 0.121. The lowest BCUT2D eigenvalue weighted by Gasteiger charge is -2.09. The van der Waals surface area contributed by atoms with E-state index in [4.69, 9.17) is 16.3 Å². The van der Waals surface area contributed by atoms with Gasteiger partial charge in [0.25, 0.3) is 5.56 Å². The number of halogens is 1. The van der Waals surface area contributed by atoms with Crippen LogP contribution in [-0.2, 0) is 13.0 Å². The van der Waals surface area contributed by atoms with Crippen LogP contribution in [-0.4, -0.2) is 21.6 Å². The molecule has 2 rings (SSSR count). The molecule has 0 aromatic carbocycles. The molecule has 1 N–H and O–H groups in total. The van der Waals surface area contributed by atoms with Gasteiger partial charge >= 0.3 is 5.69 Å². The smallest absolute Gasteiger partial charge is 0.329 e. The molecular formula is C14H16ClN3O3. The molecule has 112 valence electrons. The molecule has 7 heteroatoms. The molecule has 0 bridgehead atoms. The highest BCUT2D eigenvalue weighted by molar-refractivity contribution is 6.30. The quantitative estimate of drug-likeness (QED) is 0.851. The second-order valence-electron chi connectivity index (χ2n) is 4.57. The maximum Gasteiger partial charge on any atom is 0.329 e. The molecule has 0 saturated carbocycles. The summed E-state index contributed by atoms with van der Waals surface area (Å²) in [6, 6.07) is 3.41. The fourth-order valence-corrected chi connectivity index (χ4v) is 2.30. The van der Waals surface area contributed by atoms with Crippen molar-refractivity contribution >= 4 is 11.6 Å². The van der Waals surface area contributed by atoms with Gasteiger partial charge in [-0.3, -0.25) is 14.3 Å². The second-order valence-corrected chi connectivity index (χ2v) is 4.95. The predicted molar refractivity (Wildman–Crippen MR) is 80.2 cm³/mol. The van der Waals surface area contributed by atoms with Gasteiger partial charge in [-0.25, -0.2) is 9.78 Å². The van der Waals surface area contributed by atoms with Crippen LogP contribution in [0.15, 0.2) is 27.9 Å². The SMILES string of the molecule is CCCc1c(Cl)[nH]c(=O)n(Cc2ccnc(OC)c2)c1=O. The fourth-order valence-electron chi connectivity index (χ4n) is 2.04. The summed E-state index contributed by atoms with van der Waals surface area (Å²) in [4.78, 5) is 30.8. The van der Waals surface area contributed by atoms with E-state index in [-0.39, 0.29) is 17.3 Å². The van der Waals surface area contributed by atoms with E-state index in [1.54, 1.807) is 18.3 Å². The third-order valence-corrected chi connectivity index (χ3v) is 3.40. The molecule has 2 aromatic heterocycles. The normalized spacial score (nSPS) is 10.6. The van der Waals surface area contributed by atoms with Gasteiger partial charge in [-0.15, -0.1) is 0 Å². The van der Waals surface area contributed by atoms with E-state index in [2.05, 4.69) is 9.97 Å². The van der Waals surface area contributed by atoms with Gasteiger partial charge in [-0.05, 0) is 18.1 Å². The summed E-state index contributed by atoms with van der Waals surface area (Å²) < 4.78 is 6.16. The number of rotatable bonds is 5. The lowest BCUT2D eigenvalue weighted by atomic mass is 10.2. The average molecular weight is 310 g/mol. The summed E-state index contributed by atoms with van der Waals surface area (Å²) in [5.74, 6) is 0.430. The van der Waals surface area contributed by atoms with E-state index >= 15 is 0 Å². The van der Waals surface area contributed by atoms with Crippen molar-refractivity contribution in [1.82, 2.24) is 14.5 Å². The number of nitrogens with zero attached hydrogens (tertiary/aromatic N) is 2. The van der Waals surface area contributed by atoms with Crippen molar-refractivity contribution in [3.63, 3.8) is 0 Å². The summed E-state index contributed by atoms with van der Waals surface area (Å²) >= 11 is 5.94. The lowest BCUT2D eigenvalue weighted by Crippen LogP contribution is -2.37. The molecule has 0 spiro atoms. The highest BCUT2D eigenvalue weighted by Gasteiger charge is 2.12. The molecule has 0 aliphatic carbocycles. The summed E-state index contributed by atoms with van der Waals surface area (Å²) in [5, 5.41) is 0.121. The second kappa shape index (κ2) is 6.58. The van der Waals surface area contributed by atoms with E-state index < -0.39 is 5.69 Å². The van der Waals surface area contributed by atoms with Crippen LogP contribution in [0.4, 0.5) is 0 Å². The Balaban J connectivity index is 2.46. The third-order valence-electron chi connectivity index (χ3n) is 3.08. The van der Waals surface area contributed by atoms with Crippen molar-refractivity contribution in [3.8, 4) is 5.88 Å². The third kappa shape index (κ3) is 3.33. The van der Waals surface area contributed by atoms with Crippen LogP contribution in [0, 0.1) is 0 Å². The Morgan fingerprint density at radius 2 is 2.19 bits per heavy atom. The Hall–Kier alpha value is -2.08. The molecule has 0 amide bonds. The Morgan fingerprint density at radius 3 is 2.86 bits per heavy atom. The molecule has 0 radical (unpaired) electrons. The summed E-state index contributed by atoms with van der Waals surface area (Å²) in [6.45, 7) is 2.08. The van der Waals surface area contributed by atoms with Crippen molar-refractivity contribution < 1.29 is 4.74 Å². The van der Waals surface area contributed by atoms with Gasteiger partial charge < -0.3 is 4.74 Å². The van der Waals surface area contributed by atoms with Gasteiger partial charge in [0, 0.05) is 12.3 Å². The lowest BCUT2D eigenvalue weighted by molar-refractivity contribution is 0.397. The van der Waals surface area contributed by atoms with Crippen LogP contribution < -0.4 is 16.0 Å². The number of hydrogen-bond acceptors (Lipinski definition) is 4. The summed E-state index contributed by atoms with van der Waals surface area (Å²) in [7, 11) is 1.51. The standard InChI is InChI=1S/C14H16ClN3O3/c1-3-4-10-12(15)17-14(20)18(13(10)19)8-9-5-6-16-11(7-9)21-2/h5-7H,3-4,8H2,1-2H3,(H,17,20). The number of hydrogen-bond donors (Lipinski definition) is 1. The number of ether oxygens (including phenoxy) is 1. The summed E-state index contributed by atoms with van der Waals surface area (Å²) in [6.07, 6.45) is 2.86. The molecular weight excluding hydrogens is 294 g/mol. The average Bonchev–Trinajstić information content (AvgIpc) is 2.48. The maximum absolute atomic E-state index is 12.4. The molecule has 0 unspecified atom stereocenters. The maximum atomic E-state index is 12.4.